The number of urea groups is 1. The van der Waals surface area contributed by atoms with Crippen LogP contribution in [0.2, 0.25) is 5.02 Å². The van der Waals surface area contributed by atoms with E-state index >= 15 is 0 Å². The second kappa shape index (κ2) is 9.85. The number of aromatic nitrogens is 3. The molecule has 1 unspecified atom stereocenters. The van der Waals surface area contributed by atoms with Gasteiger partial charge in [0.05, 0.1) is 37.3 Å². The van der Waals surface area contributed by atoms with E-state index in [1.54, 1.807) is 19.1 Å². The number of hydrogen-bond donors (Lipinski definition) is 1. The number of hydrogen-bond acceptors (Lipinski definition) is 4. The summed E-state index contributed by atoms with van der Waals surface area (Å²) in [6, 6.07) is 8.73. The molecule has 1 aromatic heterocycles. The van der Waals surface area contributed by atoms with Gasteiger partial charge in [0, 0.05) is 23.4 Å². The van der Waals surface area contributed by atoms with Crippen molar-refractivity contribution in [1.29, 1.82) is 0 Å². The number of nitrogens with one attached hydrogen (secondary N) is 1. The number of benzene rings is 2. The fourth-order valence-electron chi connectivity index (χ4n) is 4.81. The Balaban J connectivity index is 1.37. The van der Waals surface area contributed by atoms with Crippen LogP contribution in [0.15, 0.2) is 42.5 Å². The molecule has 0 aliphatic carbocycles. The van der Waals surface area contributed by atoms with Crippen molar-refractivity contribution < 1.29 is 27.1 Å². The average Bonchev–Trinajstić information content (AvgIpc) is 3.42. The van der Waals surface area contributed by atoms with Gasteiger partial charge in [-0.25, -0.2) is 9.18 Å². The standard InChI is InChI=1S/C25H24ClF4N5O2/c1-14-32-33-23(34(14)12-15-2-5-17(26)6-3-15)21-11-18(27)13-35(21)24(36)31-20-8-9-37-22-10-16(25(28,29)30)4-7-19(20)22/h2-7,10,18,20-21H,8-9,11-13H2,1H3,(H,31,36)/t18?,20-,21+/m0/s1. The molecule has 0 radical (unpaired) electrons. The van der Waals surface area contributed by atoms with Gasteiger partial charge in [-0.05, 0) is 36.8 Å². The summed E-state index contributed by atoms with van der Waals surface area (Å²) < 4.78 is 61.2. The first-order valence-electron chi connectivity index (χ1n) is 11.8. The van der Waals surface area contributed by atoms with Gasteiger partial charge < -0.3 is 19.5 Å². The summed E-state index contributed by atoms with van der Waals surface area (Å²) in [5.74, 6) is 1.16. The lowest BCUT2D eigenvalue weighted by Gasteiger charge is -2.31. The lowest BCUT2D eigenvalue weighted by Crippen LogP contribution is -2.43. The molecule has 0 bridgehead atoms. The van der Waals surface area contributed by atoms with E-state index < -0.39 is 36.0 Å². The van der Waals surface area contributed by atoms with Crippen molar-refractivity contribution in [3.05, 3.63) is 75.8 Å². The van der Waals surface area contributed by atoms with Crippen LogP contribution in [0.5, 0.6) is 5.75 Å². The molecule has 3 heterocycles. The quantitative estimate of drug-likeness (QED) is 0.438. The molecule has 3 atom stereocenters. The fraction of sp³-hybridized carbons (Fsp3) is 0.400. The fourth-order valence-corrected chi connectivity index (χ4v) is 4.94. The molecule has 196 valence electrons. The highest BCUT2D eigenvalue weighted by Gasteiger charge is 2.41. The van der Waals surface area contributed by atoms with Crippen LogP contribution in [0, 0.1) is 6.92 Å². The van der Waals surface area contributed by atoms with Crippen molar-refractivity contribution in [3.8, 4) is 5.75 Å². The molecule has 3 aromatic rings. The first-order chi connectivity index (χ1) is 17.6. The summed E-state index contributed by atoms with van der Waals surface area (Å²) in [4.78, 5) is 14.7. The minimum Gasteiger partial charge on any atom is -0.493 e. The van der Waals surface area contributed by atoms with E-state index in [1.807, 2.05) is 16.7 Å². The van der Waals surface area contributed by atoms with Crippen LogP contribution in [0.4, 0.5) is 22.4 Å². The summed E-state index contributed by atoms with van der Waals surface area (Å²) >= 11 is 5.99. The predicted octanol–water partition coefficient (Wildman–Crippen LogP) is 5.63. The Hall–Kier alpha value is -3.34. The summed E-state index contributed by atoms with van der Waals surface area (Å²) in [6.45, 7) is 2.21. The Morgan fingerprint density at radius 3 is 2.68 bits per heavy atom. The second-order valence-electron chi connectivity index (χ2n) is 9.21. The number of carbonyl (C=O) groups excluding carboxylic acids is 1. The van der Waals surface area contributed by atoms with E-state index in [0.29, 0.717) is 35.2 Å². The van der Waals surface area contributed by atoms with Gasteiger partial charge in [-0.3, -0.25) is 0 Å². The molecule has 2 aliphatic rings. The number of aryl methyl sites for hydroxylation is 1. The van der Waals surface area contributed by atoms with Gasteiger partial charge >= 0.3 is 12.2 Å². The highest BCUT2D eigenvalue weighted by molar-refractivity contribution is 6.30. The molecule has 37 heavy (non-hydrogen) atoms. The van der Waals surface area contributed by atoms with Gasteiger partial charge in [-0.2, -0.15) is 13.2 Å². The second-order valence-corrected chi connectivity index (χ2v) is 9.65. The van der Waals surface area contributed by atoms with Crippen LogP contribution in [0.3, 0.4) is 0 Å². The van der Waals surface area contributed by atoms with E-state index in [2.05, 4.69) is 15.5 Å². The van der Waals surface area contributed by atoms with Crippen molar-refractivity contribution in [2.45, 2.75) is 50.7 Å². The van der Waals surface area contributed by atoms with Crippen molar-refractivity contribution in [2.24, 2.45) is 0 Å². The monoisotopic (exact) mass is 537 g/mol. The van der Waals surface area contributed by atoms with E-state index in [-0.39, 0.29) is 25.3 Å². The molecule has 0 saturated carbocycles. The van der Waals surface area contributed by atoms with E-state index in [0.717, 1.165) is 17.7 Å². The zero-order chi connectivity index (χ0) is 26.3. The number of ether oxygens (including phenoxy) is 1. The van der Waals surface area contributed by atoms with Crippen molar-refractivity contribution in [3.63, 3.8) is 0 Å². The van der Waals surface area contributed by atoms with Crippen LogP contribution in [-0.4, -0.2) is 45.0 Å². The van der Waals surface area contributed by atoms with Crippen LogP contribution < -0.4 is 10.1 Å². The van der Waals surface area contributed by atoms with Crippen molar-refractivity contribution >= 4 is 17.6 Å². The Labute approximate surface area is 215 Å². The highest BCUT2D eigenvalue weighted by Crippen LogP contribution is 2.39. The molecule has 1 N–H and O–H groups in total. The number of fused-ring (bicyclic) bond motifs is 1. The summed E-state index contributed by atoms with van der Waals surface area (Å²) in [5.41, 5.74) is 0.562. The van der Waals surface area contributed by atoms with Crippen LogP contribution in [0.25, 0.3) is 0 Å². The minimum atomic E-state index is -4.51. The maximum absolute atomic E-state index is 14.6. The number of carbonyl (C=O) groups is 1. The van der Waals surface area contributed by atoms with Gasteiger partial charge in [-0.1, -0.05) is 29.8 Å². The first-order valence-corrected chi connectivity index (χ1v) is 12.2. The van der Waals surface area contributed by atoms with Gasteiger partial charge in [0.25, 0.3) is 0 Å². The number of alkyl halides is 4. The number of halogens is 5. The topological polar surface area (TPSA) is 72.3 Å². The Morgan fingerprint density at radius 2 is 1.95 bits per heavy atom. The number of amides is 2. The number of rotatable bonds is 4. The third-order valence-corrected chi connectivity index (χ3v) is 6.96. The lowest BCUT2D eigenvalue weighted by molar-refractivity contribution is -0.137. The summed E-state index contributed by atoms with van der Waals surface area (Å²) in [7, 11) is 0. The Kier molecular flexibility index (Phi) is 6.74. The third kappa shape index (κ3) is 5.22. The zero-order valence-electron chi connectivity index (χ0n) is 19.8. The van der Waals surface area contributed by atoms with E-state index in [9.17, 15) is 22.4 Å². The van der Waals surface area contributed by atoms with Gasteiger partial charge in [0.1, 0.15) is 17.7 Å². The van der Waals surface area contributed by atoms with Crippen LogP contribution in [0.1, 0.15) is 53.3 Å². The molecule has 1 saturated heterocycles. The van der Waals surface area contributed by atoms with Gasteiger partial charge in [0.15, 0.2) is 5.82 Å². The molecule has 0 spiro atoms. The molecule has 2 aromatic carbocycles. The van der Waals surface area contributed by atoms with E-state index in [4.69, 9.17) is 16.3 Å². The molecule has 1 fully saturated rings. The number of nitrogens with zero attached hydrogens (tertiary/aromatic N) is 4. The molecular weight excluding hydrogens is 514 g/mol. The SMILES string of the molecule is Cc1nnc([C@H]2CC(F)CN2C(=O)N[C@H]2CCOc3cc(C(F)(F)F)ccc32)n1Cc1ccc(Cl)cc1. The minimum absolute atomic E-state index is 0.0610. The first kappa shape index (κ1) is 25.3. The zero-order valence-corrected chi connectivity index (χ0v) is 20.6. The van der Waals surface area contributed by atoms with E-state index in [1.165, 1.54) is 11.0 Å². The maximum Gasteiger partial charge on any atom is 0.416 e. The summed E-state index contributed by atoms with van der Waals surface area (Å²) in [5, 5.41) is 11.9. The summed E-state index contributed by atoms with van der Waals surface area (Å²) in [6.07, 6.45) is -5.33. The highest BCUT2D eigenvalue weighted by atomic mass is 35.5. The number of likely N-dealkylation sites (tertiary alicyclic amines) is 1. The smallest absolute Gasteiger partial charge is 0.416 e. The van der Waals surface area contributed by atoms with Crippen molar-refractivity contribution in [1.82, 2.24) is 25.0 Å². The maximum atomic E-state index is 14.6. The normalized spacial score (nSPS) is 21.5. The van der Waals surface area contributed by atoms with Crippen molar-refractivity contribution in [2.75, 3.05) is 13.2 Å². The van der Waals surface area contributed by atoms with Gasteiger partial charge in [-0.15, -0.1) is 10.2 Å². The van der Waals surface area contributed by atoms with Crippen LogP contribution >= 0.6 is 11.6 Å². The Bertz CT molecular complexity index is 1300. The Morgan fingerprint density at radius 1 is 1.19 bits per heavy atom. The molecular formula is C25H24ClF4N5O2. The predicted molar refractivity (Wildman–Crippen MR) is 127 cm³/mol. The molecule has 7 nitrogen and oxygen atoms in total. The molecule has 5 rings (SSSR count). The van der Waals surface area contributed by atoms with Gasteiger partial charge in [0.2, 0.25) is 0 Å². The third-order valence-electron chi connectivity index (χ3n) is 6.71. The average molecular weight is 538 g/mol. The molecule has 2 amide bonds. The lowest BCUT2D eigenvalue weighted by atomic mass is 9.98. The van der Waals surface area contributed by atoms with Crippen LogP contribution in [-0.2, 0) is 12.7 Å². The largest absolute Gasteiger partial charge is 0.493 e. The molecule has 2 aliphatic heterocycles. The molecule has 12 heteroatoms.